The minimum Gasteiger partial charge on any atom is -0.387 e. The van der Waals surface area contributed by atoms with Gasteiger partial charge in [-0.2, -0.15) is 0 Å². The fraction of sp³-hybridized carbons (Fsp3) is 0.429. The van der Waals surface area contributed by atoms with Crippen LogP contribution in [0.5, 0.6) is 0 Å². The molecule has 5 rings (SSSR count). The molecule has 5 heterocycles. The lowest BCUT2D eigenvalue weighted by atomic mass is 9.99. The van der Waals surface area contributed by atoms with Gasteiger partial charge < -0.3 is 9.67 Å². The van der Waals surface area contributed by atoms with Gasteiger partial charge in [0.1, 0.15) is 5.65 Å². The van der Waals surface area contributed by atoms with Crippen molar-refractivity contribution in [2.75, 3.05) is 6.54 Å². The number of hydrogen-bond donors (Lipinski definition) is 1. The Bertz CT molecular complexity index is 956. The van der Waals surface area contributed by atoms with Gasteiger partial charge in [0, 0.05) is 48.7 Å². The first-order valence-electron chi connectivity index (χ1n) is 9.18. The summed E-state index contributed by atoms with van der Waals surface area (Å²) in [6, 6.07) is 6.37. The number of aliphatic hydroxyl groups is 1. The van der Waals surface area contributed by atoms with E-state index in [0.717, 1.165) is 29.6 Å². The quantitative estimate of drug-likeness (QED) is 0.742. The van der Waals surface area contributed by atoms with E-state index >= 15 is 0 Å². The van der Waals surface area contributed by atoms with Gasteiger partial charge in [0.2, 0.25) is 0 Å². The first-order chi connectivity index (χ1) is 12.7. The molecule has 5 nitrogen and oxygen atoms in total. The Hall–Kier alpha value is -1.95. The van der Waals surface area contributed by atoms with Crippen LogP contribution in [0.15, 0.2) is 36.8 Å². The van der Waals surface area contributed by atoms with E-state index in [9.17, 15) is 5.11 Å². The Morgan fingerprint density at radius 3 is 2.93 bits per heavy atom. The summed E-state index contributed by atoms with van der Waals surface area (Å²) in [6.45, 7) is 2.62. The summed E-state index contributed by atoms with van der Waals surface area (Å²) < 4.78 is 2.21. The Labute approximate surface area is 164 Å². The third-order valence-corrected chi connectivity index (χ3v) is 6.03. The van der Waals surface area contributed by atoms with Crippen molar-refractivity contribution in [1.82, 2.24) is 19.4 Å². The summed E-state index contributed by atoms with van der Waals surface area (Å²) >= 11 is 6.24. The molecule has 0 bridgehead atoms. The SMILES string of the molecule is C.OC(Cn1c2c(c3cc(Cl)cnc31)CN1CCCC1C2)c1ccncc1. The van der Waals surface area contributed by atoms with Crippen LogP contribution in [0.25, 0.3) is 11.0 Å². The van der Waals surface area contributed by atoms with Crippen LogP contribution < -0.4 is 0 Å². The first kappa shape index (κ1) is 18.4. The second-order valence-electron chi connectivity index (χ2n) is 7.33. The molecule has 0 amide bonds. The summed E-state index contributed by atoms with van der Waals surface area (Å²) in [6.07, 6.45) is 8.09. The maximum absolute atomic E-state index is 10.8. The molecule has 1 N–H and O–H groups in total. The lowest BCUT2D eigenvalue weighted by Gasteiger charge is -2.31. The van der Waals surface area contributed by atoms with E-state index < -0.39 is 6.10 Å². The van der Waals surface area contributed by atoms with Gasteiger partial charge in [-0.1, -0.05) is 19.0 Å². The molecule has 2 aliphatic rings. The molecule has 0 radical (unpaired) electrons. The maximum Gasteiger partial charge on any atom is 0.140 e. The van der Waals surface area contributed by atoms with Gasteiger partial charge in [0.25, 0.3) is 0 Å². The number of aromatic nitrogens is 3. The number of pyridine rings is 2. The largest absolute Gasteiger partial charge is 0.387 e. The van der Waals surface area contributed by atoms with Crippen LogP contribution in [0.2, 0.25) is 5.02 Å². The van der Waals surface area contributed by atoms with Gasteiger partial charge in [0.15, 0.2) is 0 Å². The van der Waals surface area contributed by atoms with E-state index in [1.165, 1.54) is 30.6 Å². The smallest absolute Gasteiger partial charge is 0.140 e. The second kappa shape index (κ2) is 7.23. The lowest BCUT2D eigenvalue weighted by molar-refractivity contribution is 0.154. The van der Waals surface area contributed by atoms with E-state index in [1.807, 2.05) is 18.2 Å². The van der Waals surface area contributed by atoms with Gasteiger partial charge in [-0.05, 0) is 48.7 Å². The summed E-state index contributed by atoms with van der Waals surface area (Å²) in [7, 11) is 0. The highest BCUT2D eigenvalue weighted by atomic mass is 35.5. The number of halogens is 1. The lowest BCUT2D eigenvalue weighted by Crippen LogP contribution is -2.36. The highest BCUT2D eigenvalue weighted by Gasteiger charge is 2.34. The molecule has 2 atom stereocenters. The standard InChI is InChI=1S/C20H21ClN4O.CH4/c21-14-8-16-17-11-24-7-1-2-15(24)9-18(17)25(20(16)23-10-14)12-19(26)13-3-5-22-6-4-13;/h3-6,8,10,15,19,26H,1-2,7,9,11-12H2;1H4. The van der Waals surface area contributed by atoms with Crippen LogP contribution in [0.4, 0.5) is 0 Å². The van der Waals surface area contributed by atoms with Crippen molar-refractivity contribution >= 4 is 22.6 Å². The molecular weight excluding hydrogens is 360 g/mol. The zero-order valence-electron chi connectivity index (χ0n) is 14.5. The predicted octanol–water partition coefficient (Wildman–Crippen LogP) is 3.97. The third-order valence-electron chi connectivity index (χ3n) is 5.82. The van der Waals surface area contributed by atoms with Crippen molar-refractivity contribution in [2.24, 2.45) is 0 Å². The average molecular weight is 385 g/mol. The molecule has 0 saturated carbocycles. The molecule has 3 aromatic heterocycles. The fourth-order valence-corrected chi connectivity index (χ4v) is 4.70. The van der Waals surface area contributed by atoms with Gasteiger partial charge in [-0.15, -0.1) is 0 Å². The number of aliphatic hydroxyl groups excluding tert-OH is 1. The molecule has 1 fully saturated rings. The highest BCUT2D eigenvalue weighted by molar-refractivity contribution is 6.31. The van der Waals surface area contributed by atoms with Crippen molar-refractivity contribution in [3.05, 3.63) is 58.6 Å². The first-order valence-corrected chi connectivity index (χ1v) is 9.56. The molecular formula is C21H25ClN4O. The number of fused-ring (bicyclic) bond motifs is 4. The summed E-state index contributed by atoms with van der Waals surface area (Å²) in [4.78, 5) is 11.2. The Balaban J connectivity index is 0.00000180. The highest BCUT2D eigenvalue weighted by Crippen LogP contribution is 2.37. The molecule has 2 aliphatic heterocycles. The molecule has 6 heteroatoms. The minimum atomic E-state index is -0.586. The van der Waals surface area contributed by atoms with Crippen LogP contribution >= 0.6 is 11.6 Å². The zero-order chi connectivity index (χ0) is 17.7. The Kier molecular flexibility index (Phi) is 4.93. The van der Waals surface area contributed by atoms with Crippen LogP contribution in [0.1, 0.15) is 43.2 Å². The Morgan fingerprint density at radius 2 is 2.11 bits per heavy atom. The topological polar surface area (TPSA) is 54.2 Å². The van der Waals surface area contributed by atoms with Crippen molar-refractivity contribution in [3.63, 3.8) is 0 Å². The minimum absolute atomic E-state index is 0. The van der Waals surface area contributed by atoms with Crippen LogP contribution in [-0.4, -0.2) is 37.1 Å². The molecule has 3 aromatic rings. The van der Waals surface area contributed by atoms with Crippen LogP contribution in [-0.2, 0) is 19.5 Å². The monoisotopic (exact) mass is 384 g/mol. The summed E-state index contributed by atoms with van der Waals surface area (Å²) in [5.74, 6) is 0. The van der Waals surface area contributed by atoms with E-state index in [-0.39, 0.29) is 7.43 Å². The van der Waals surface area contributed by atoms with E-state index in [4.69, 9.17) is 11.6 Å². The predicted molar refractivity (Wildman–Crippen MR) is 108 cm³/mol. The number of rotatable bonds is 3. The number of hydrogen-bond acceptors (Lipinski definition) is 4. The molecule has 142 valence electrons. The molecule has 0 aliphatic carbocycles. The normalized spacial score (nSPS) is 20.1. The van der Waals surface area contributed by atoms with Crippen LogP contribution in [0, 0.1) is 0 Å². The van der Waals surface area contributed by atoms with Crippen molar-refractivity contribution < 1.29 is 5.11 Å². The van der Waals surface area contributed by atoms with Gasteiger partial charge in [-0.3, -0.25) is 9.88 Å². The van der Waals surface area contributed by atoms with Crippen LogP contribution in [0.3, 0.4) is 0 Å². The third kappa shape index (κ3) is 3.14. The molecule has 1 saturated heterocycles. The number of nitrogens with zero attached hydrogens (tertiary/aromatic N) is 4. The molecule has 0 spiro atoms. The van der Waals surface area contributed by atoms with E-state index in [1.54, 1.807) is 18.6 Å². The van der Waals surface area contributed by atoms with Crippen molar-refractivity contribution in [2.45, 2.75) is 51.9 Å². The fourth-order valence-electron chi connectivity index (χ4n) is 4.55. The van der Waals surface area contributed by atoms with E-state index in [0.29, 0.717) is 17.6 Å². The molecule has 27 heavy (non-hydrogen) atoms. The van der Waals surface area contributed by atoms with Crippen molar-refractivity contribution in [3.8, 4) is 0 Å². The molecule has 2 unspecified atom stereocenters. The van der Waals surface area contributed by atoms with Gasteiger partial charge >= 0.3 is 0 Å². The summed E-state index contributed by atoms with van der Waals surface area (Å²) in [5, 5.41) is 12.6. The second-order valence-corrected chi connectivity index (χ2v) is 7.76. The summed E-state index contributed by atoms with van der Waals surface area (Å²) in [5.41, 5.74) is 4.44. The van der Waals surface area contributed by atoms with E-state index in [2.05, 4.69) is 19.4 Å². The molecule has 0 aromatic carbocycles. The average Bonchev–Trinajstić information content (AvgIpc) is 3.23. The van der Waals surface area contributed by atoms with Gasteiger partial charge in [-0.25, -0.2) is 4.98 Å². The maximum atomic E-state index is 10.8. The Morgan fingerprint density at radius 1 is 1.30 bits per heavy atom. The van der Waals surface area contributed by atoms with Crippen molar-refractivity contribution in [1.29, 1.82) is 0 Å². The zero-order valence-corrected chi connectivity index (χ0v) is 15.2. The van der Waals surface area contributed by atoms with Gasteiger partial charge in [0.05, 0.1) is 17.7 Å².